The first-order chi connectivity index (χ1) is 6.53. The predicted molar refractivity (Wildman–Crippen MR) is 55.7 cm³/mol. The van der Waals surface area contributed by atoms with Gasteiger partial charge in [-0.3, -0.25) is 0 Å². The van der Waals surface area contributed by atoms with E-state index in [1.165, 1.54) is 0 Å². The van der Waals surface area contributed by atoms with Gasteiger partial charge in [-0.2, -0.15) is 0 Å². The third-order valence-corrected chi connectivity index (χ3v) is 1.78. The molecular weight excluding hydrogens is 176 g/mol. The third-order valence-electron chi connectivity index (χ3n) is 1.78. The molecule has 0 bridgehead atoms. The Labute approximate surface area is 84.8 Å². The van der Waals surface area contributed by atoms with Gasteiger partial charge in [0.15, 0.2) is 0 Å². The van der Waals surface area contributed by atoms with Gasteiger partial charge in [0.05, 0.1) is 6.42 Å². The highest BCUT2D eigenvalue weighted by Crippen LogP contribution is 2.00. The number of aryl methyl sites for hydroxylation is 1. The van der Waals surface area contributed by atoms with Gasteiger partial charge in [-0.15, -0.1) is 0 Å². The molecule has 0 spiro atoms. The summed E-state index contributed by atoms with van der Waals surface area (Å²) in [4.78, 5) is 4.19. The zero-order valence-electron chi connectivity index (χ0n) is 8.91. The summed E-state index contributed by atoms with van der Waals surface area (Å²) in [5.41, 5.74) is -0.913. The van der Waals surface area contributed by atoms with Crippen molar-refractivity contribution < 1.29 is 5.11 Å². The van der Waals surface area contributed by atoms with Crippen molar-refractivity contribution in [3.05, 3.63) is 18.2 Å². The van der Waals surface area contributed by atoms with Crippen molar-refractivity contribution in [2.75, 3.05) is 0 Å². The van der Waals surface area contributed by atoms with Crippen molar-refractivity contribution in [1.29, 1.82) is 0 Å². The molecule has 14 heavy (non-hydrogen) atoms. The van der Waals surface area contributed by atoms with E-state index in [2.05, 4.69) is 23.7 Å². The lowest BCUT2D eigenvalue weighted by Gasteiger charge is -2.06. The largest absolute Gasteiger partial charge is 0.378 e. The van der Waals surface area contributed by atoms with Crippen LogP contribution < -0.4 is 0 Å². The fraction of sp³-hybridized carbons (Fsp3) is 0.545. The van der Waals surface area contributed by atoms with Crippen molar-refractivity contribution >= 4 is 0 Å². The van der Waals surface area contributed by atoms with Crippen molar-refractivity contribution in [2.24, 2.45) is 0 Å². The van der Waals surface area contributed by atoms with Gasteiger partial charge >= 0.3 is 0 Å². The number of aromatic nitrogens is 2. The van der Waals surface area contributed by atoms with Crippen LogP contribution in [0.1, 0.15) is 26.6 Å². The van der Waals surface area contributed by atoms with Gasteiger partial charge in [-0.05, 0) is 20.8 Å². The van der Waals surface area contributed by atoms with E-state index in [1.807, 2.05) is 10.8 Å². The van der Waals surface area contributed by atoms with Gasteiger partial charge in [-0.1, -0.05) is 11.8 Å². The van der Waals surface area contributed by atoms with E-state index in [1.54, 1.807) is 20.0 Å². The maximum atomic E-state index is 9.37. The molecule has 0 aliphatic heterocycles. The van der Waals surface area contributed by atoms with Gasteiger partial charge in [-0.25, -0.2) is 4.98 Å². The fourth-order valence-electron chi connectivity index (χ4n) is 1.13. The van der Waals surface area contributed by atoms with Crippen molar-refractivity contribution in [3.63, 3.8) is 0 Å². The summed E-state index contributed by atoms with van der Waals surface area (Å²) in [5, 5.41) is 9.37. The van der Waals surface area contributed by atoms with Crippen molar-refractivity contribution in [3.8, 4) is 11.8 Å². The van der Waals surface area contributed by atoms with Crippen LogP contribution in [0.2, 0.25) is 0 Å². The molecule has 76 valence electrons. The fourth-order valence-corrected chi connectivity index (χ4v) is 1.13. The summed E-state index contributed by atoms with van der Waals surface area (Å²) in [5.74, 6) is 6.63. The minimum Gasteiger partial charge on any atom is -0.378 e. The molecule has 1 aromatic heterocycles. The van der Waals surface area contributed by atoms with Crippen LogP contribution in [0.25, 0.3) is 0 Å². The van der Waals surface area contributed by atoms with Crippen LogP contribution in [-0.4, -0.2) is 20.3 Å². The Morgan fingerprint density at radius 3 is 2.86 bits per heavy atom. The second-order valence-electron chi connectivity index (χ2n) is 3.67. The lowest BCUT2D eigenvalue weighted by Crippen LogP contribution is -2.14. The molecule has 3 heteroatoms. The molecule has 1 aromatic rings. The van der Waals surface area contributed by atoms with E-state index in [0.717, 1.165) is 12.4 Å². The van der Waals surface area contributed by atoms with Crippen LogP contribution in [0.5, 0.6) is 0 Å². The summed E-state index contributed by atoms with van der Waals surface area (Å²) in [7, 11) is 0. The molecule has 0 saturated carbocycles. The minimum absolute atomic E-state index is 0.588. The molecular formula is C11H16N2O. The first-order valence-corrected chi connectivity index (χ1v) is 4.75. The van der Waals surface area contributed by atoms with Crippen LogP contribution in [-0.2, 0) is 13.0 Å². The molecule has 0 aliphatic carbocycles. The Morgan fingerprint density at radius 1 is 1.57 bits per heavy atom. The quantitative estimate of drug-likeness (QED) is 0.715. The van der Waals surface area contributed by atoms with E-state index >= 15 is 0 Å². The number of hydrogen-bond donors (Lipinski definition) is 1. The molecule has 3 nitrogen and oxygen atoms in total. The Bertz CT molecular complexity index is 349. The van der Waals surface area contributed by atoms with Crippen molar-refractivity contribution in [1.82, 2.24) is 9.55 Å². The highest BCUT2D eigenvalue weighted by molar-refractivity contribution is 5.14. The number of imidazole rings is 1. The average Bonchev–Trinajstić information content (AvgIpc) is 2.49. The molecule has 0 aliphatic rings. The zero-order chi connectivity index (χ0) is 10.6. The topological polar surface area (TPSA) is 38.0 Å². The number of nitrogens with zero attached hydrogens (tertiary/aromatic N) is 2. The monoisotopic (exact) mass is 192 g/mol. The van der Waals surface area contributed by atoms with E-state index in [-0.39, 0.29) is 0 Å². The molecule has 0 aromatic carbocycles. The molecule has 0 saturated heterocycles. The van der Waals surface area contributed by atoms with Gasteiger partial charge in [0, 0.05) is 18.9 Å². The smallest absolute Gasteiger partial charge is 0.120 e. The number of rotatable bonds is 2. The van der Waals surface area contributed by atoms with E-state index < -0.39 is 5.60 Å². The van der Waals surface area contributed by atoms with Gasteiger partial charge in [0.1, 0.15) is 11.4 Å². The highest BCUT2D eigenvalue weighted by Gasteiger charge is 2.05. The summed E-state index contributed by atoms with van der Waals surface area (Å²) in [6.07, 6.45) is 4.29. The standard InChI is InChI=1S/C11H16N2O/c1-4-13-9-8-12-10(13)6-5-7-11(2,3)14/h8-9,14H,4,6H2,1-3H3. The Balaban J connectivity index is 2.65. The number of aliphatic hydroxyl groups is 1. The predicted octanol–water partition coefficient (Wildman–Crippen LogP) is 1.22. The van der Waals surface area contributed by atoms with Crippen LogP contribution in [0.4, 0.5) is 0 Å². The average molecular weight is 192 g/mol. The lowest BCUT2D eigenvalue weighted by atomic mass is 10.1. The van der Waals surface area contributed by atoms with Gasteiger partial charge < -0.3 is 9.67 Å². The molecule has 0 atom stereocenters. The second-order valence-corrected chi connectivity index (χ2v) is 3.67. The maximum Gasteiger partial charge on any atom is 0.120 e. The molecule has 1 heterocycles. The van der Waals surface area contributed by atoms with Crippen LogP contribution in [0.15, 0.2) is 12.4 Å². The first kappa shape index (κ1) is 10.8. The first-order valence-electron chi connectivity index (χ1n) is 4.75. The number of hydrogen-bond acceptors (Lipinski definition) is 2. The second kappa shape index (κ2) is 4.30. The lowest BCUT2D eigenvalue weighted by molar-refractivity contribution is 0.143. The summed E-state index contributed by atoms with van der Waals surface area (Å²) in [6, 6.07) is 0. The molecule has 1 rings (SSSR count). The Kier molecular flexibility index (Phi) is 3.32. The SMILES string of the molecule is CCn1ccnc1CC#CC(C)(C)O. The minimum atomic E-state index is -0.913. The summed E-state index contributed by atoms with van der Waals surface area (Å²) in [6.45, 7) is 6.31. The Morgan fingerprint density at radius 2 is 2.29 bits per heavy atom. The molecule has 1 N–H and O–H groups in total. The maximum absolute atomic E-state index is 9.37. The normalized spacial score (nSPS) is 10.9. The van der Waals surface area contributed by atoms with E-state index in [4.69, 9.17) is 0 Å². The molecule has 0 radical (unpaired) electrons. The van der Waals surface area contributed by atoms with E-state index in [0.29, 0.717) is 6.42 Å². The van der Waals surface area contributed by atoms with Gasteiger partial charge in [0.25, 0.3) is 0 Å². The summed E-state index contributed by atoms with van der Waals surface area (Å²) < 4.78 is 2.04. The van der Waals surface area contributed by atoms with Crippen LogP contribution >= 0.6 is 0 Å². The molecule has 0 fully saturated rings. The Hall–Kier alpha value is -1.27. The summed E-state index contributed by atoms with van der Waals surface area (Å²) >= 11 is 0. The van der Waals surface area contributed by atoms with Gasteiger partial charge in [0.2, 0.25) is 0 Å². The molecule has 0 amide bonds. The van der Waals surface area contributed by atoms with Crippen molar-refractivity contribution in [2.45, 2.75) is 39.3 Å². The van der Waals surface area contributed by atoms with E-state index in [9.17, 15) is 5.11 Å². The molecule has 0 unspecified atom stereocenters. The third kappa shape index (κ3) is 3.23. The van der Waals surface area contributed by atoms with Crippen LogP contribution in [0, 0.1) is 11.8 Å². The highest BCUT2D eigenvalue weighted by atomic mass is 16.3. The zero-order valence-corrected chi connectivity index (χ0v) is 8.91. The van der Waals surface area contributed by atoms with Crippen LogP contribution in [0.3, 0.4) is 0 Å².